The van der Waals surface area contributed by atoms with Crippen LogP contribution in [0.15, 0.2) is 42.5 Å². The topological polar surface area (TPSA) is 33.0 Å². The normalized spacial score (nSPS) is 9.65. The van der Waals surface area contributed by atoms with Crippen molar-refractivity contribution in [1.29, 1.82) is 5.26 Å². The summed E-state index contributed by atoms with van der Waals surface area (Å²) in [6.07, 6.45) is 0. The van der Waals surface area contributed by atoms with E-state index in [0.29, 0.717) is 17.9 Å². The molecule has 0 aliphatic carbocycles. The van der Waals surface area contributed by atoms with Crippen molar-refractivity contribution in [2.45, 2.75) is 6.61 Å². The molecule has 0 fully saturated rings. The first-order valence-electron chi connectivity index (χ1n) is 5.07. The Bertz CT molecular complexity index is 543. The molecule has 0 saturated carbocycles. The summed E-state index contributed by atoms with van der Waals surface area (Å²) in [5, 5.41) is 8.64. The van der Waals surface area contributed by atoms with Crippen molar-refractivity contribution in [1.82, 2.24) is 0 Å². The molecule has 0 aliphatic heterocycles. The first-order chi connectivity index (χ1) is 8.28. The van der Waals surface area contributed by atoms with Gasteiger partial charge in [-0.3, -0.25) is 0 Å². The second-order valence-electron chi connectivity index (χ2n) is 3.47. The lowest BCUT2D eigenvalue weighted by atomic mass is 10.2. The van der Waals surface area contributed by atoms with Crippen LogP contribution in [0.2, 0.25) is 0 Å². The van der Waals surface area contributed by atoms with E-state index in [1.165, 1.54) is 12.1 Å². The number of hydrogen-bond acceptors (Lipinski definition) is 2. The van der Waals surface area contributed by atoms with E-state index >= 15 is 0 Å². The lowest BCUT2D eigenvalue weighted by Crippen LogP contribution is -1.95. The van der Waals surface area contributed by atoms with Crippen molar-refractivity contribution < 1.29 is 9.13 Å². The zero-order chi connectivity index (χ0) is 12.1. The van der Waals surface area contributed by atoms with Crippen LogP contribution in [0.5, 0.6) is 5.75 Å². The number of benzene rings is 2. The number of nitrogens with zero attached hydrogens (tertiary/aromatic N) is 1. The highest BCUT2D eigenvalue weighted by atomic mass is 19.1. The summed E-state index contributed by atoms with van der Waals surface area (Å²) >= 11 is 0. The fraction of sp³-hybridized carbons (Fsp3) is 0.0714. The average molecular weight is 226 g/mol. The van der Waals surface area contributed by atoms with Crippen molar-refractivity contribution >= 4 is 0 Å². The van der Waals surface area contributed by atoms with E-state index in [1.807, 2.05) is 18.2 Å². The van der Waals surface area contributed by atoms with Gasteiger partial charge in [0.25, 0.3) is 0 Å². The Labute approximate surface area is 98.9 Å². The monoisotopic (exact) mass is 226 g/mol. The van der Waals surface area contributed by atoms with Gasteiger partial charge in [0, 0.05) is 12.1 Å². The minimum atomic E-state index is -0.442. The van der Waals surface area contributed by atoms with Crippen LogP contribution in [0.3, 0.4) is 0 Å². The molecule has 17 heavy (non-hydrogen) atoms. The largest absolute Gasteiger partial charge is 0.489 e. The van der Waals surface area contributed by atoms with Crippen molar-refractivity contribution in [2.24, 2.45) is 0 Å². The molecule has 0 aliphatic rings. The van der Waals surface area contributed by atoms with Crippen LogP contribution in [-0.4, -0.2) is 0 Å². The lowest BCUT2D eigenvalue weighted by Gasteiger charge is -2.05. The van der Waals surface area contributed by atoms with E-state index in [-0.39, 0.29) is 0 Å². The Morgan fingerprint density at radius 3 is 2.65 bits per heavy atom. The van der Waals surface area contributed by atoms with Gasteiger partial charge in [0.1, 0.15) is 18.2 Å². The van der Waals surface area contributed by atoms with Crippen molar-refractivity contribution in [3.8, 4) is 11.8 Å². The van der Waals surface area contributed by atoms with E-state index in [2.05, 4.69) is 6.07 Å². The first kappa shape index (κ1) is 11.2. The van der Waals surface area contributed by atoms with Crippen molar-refractivity contribution in [3.05, 3.63) is 65.5 Å². The highest BCUT2D eigenvalue weighted by Gasteiger charge is 1.98. The van der Waals surface area contributed by atoms with Gasteiger partial charge in [-0.05, 0) is 29.8 Å². The maximum atomic E-state index is 12.8. The number of halogens is 1. The number of nitriles is 1. The molecule has 2 aromatic carbocycles. The second kappa shape index (κ2) is 5.13. The molecule has 0 amide bonds. The molecule has 0 aromatic heterocycles. The molecule has 83 valence electrons. The van der Waals surface area contributed by atoms with E-state index < -0.39 is 5.82 Å². The fourth-order valence-electron chi connectivity index (χ4n) is 1.35. The molecule has 0 N–H and O–H groups in total. The van der Waals surface area contributed by atoms with Crippen molar-refractivity contribution in [3.63, 3.8) is 0 Å². The summed E-state index contributed by atoms with van der Waals surface area (Å²) in [4.78, 5) is 0. The first-order valence-corrected chi connectivity index (χ1v) is 5.07. The Hall–Kier alpha value is -2.34. The second-order valence-corrected chi connectivity index (χ2v) is 3.47. The van der Waals surface area contributed by atoms with Gasteiger partial charge in [0.2, 0.25) is 0 Å². The Morgan fingerprint density at radius 2 is 2.00 bits per heavy atom. The van der Waals surface area contributed by atoms with Gasteiger partial charge in [0.15, 0.2) is 0 Å². The van der Waals surface area contributed by atoms with Gasteiger partial charge in [-0.15, -0.1) is 0 Å². The molecule has 0 spiro atoms. The minimum Gasteiger partial charge on any atom is -0.489 e. The van der Waals surface area contributed by atoms with Crippen LogP contribution in [-0.2, 0) is 6.61 Å². The van der Waals surface area contributed by atoms with Crippen LogP contribution in [0, 0.1) is 23.2 Å². The van der Waals surface area contributed by atoms with E-state index in [4.69, 9.17) is 10.00 Å². The Kier molecular flexibility index (Phi) is 3.37. The SMILES string of the molecule is N#Cc1ccc(COc2cc[c]c(F)c2)cc1. The van der Waals surface area contributed by atoms with Gasteiger partial charge in [-0.2, -0.15) is 5.26 Å². The highest BCUT2D eigenvalue weighted by molar-refractivity contribution is 5.31. The lowest BCUT2D eigenvalue weighted by molar-refractivity contribution is 0.304. The van der Waals surface area contributed by atoms with Crippen LogP contribution < -0.4 is 4.74 Å². The average Bonchev–Trinajstić information content (AvgIpc) is 2.37. The third kappa shape index (κ3) is 3.05. The summed E-state index contributed by atoms with van der Waals surface area (Å²) in [6, 6.07) is 15.9. The molecule has 0 atom stereocenters. The van der Waals surface area contributed by atoms with Crippen LogP contribution in [0.25, 0.3) is 0 Å². The molecular weight excluding hydrogens is 217 g/mol. The maximum absolute atomic E-state index is 12.8. The van der Waals surface area contributed by atoms with E-state index in [0.717, 1.165) is 5.56 Å². The quantitative estimate of drug-likeness (QED) is 0.805. The molecule has 0 unspecified atom stereocenters. The number of ether oxygens (including phenoxy) is 1. The molecule has 0 heterocycles. The van der Waals surface area contributed by atoms with Crippen molar-refractivity contribution in [2.75, 3.05) is 0 Å². The zero-order valence-electron chi connectivity index (χ0n) is 8.98. The molecule has 2 aromatic rings. The van der Waals surface area contributed by atoms with Gasteiger partial charge in [-0.1, -0.05) is 12.1 Å². The van der Waals surface area contributed by atoms with Gasteiger partial charge >= 0.3 is 0 Å². The van der Waals surface area contributed by atoms with E-state index in [9.17, 15) is 4.39 Å². The number of rotatable bonds is 3. The predicted octanol–water partition coefficient (Wildman–Crippen LogP) is 3.08. The zero-order valence-corrected chi connectivity index (χ0v) is 8.98. The fourth-order valence-corrected chi connectivity index (χ4v) is 1.35. The number of hydrogen-bond donors (Lipinski definition) is 0. The Balaban J connectivity index is 2.00. The summed E-state index contributed by atoms with van der Waals surface area (Å²) in [7, 11) is 0. The standard InChI is InChI=1S/C14H9FNO/c15-13-2-1-3-14(8-13)17-10-12-6-4-11(9-16)5-7-12/h1,3-8H,10H2. The third-order valence-electron chi connectivity index (χ3n) is 2.23. The summed E-state index contributed by atoms with van der Waals surface area (Å²) in [5.41, 5.74) is 1.53. The van der Waals surface area contributed by atoms with Gasteiger partial charge < -0.3 is 4.74 Å². The summed E-state index contributed by atoms with van der Waals surface area (Å²) in [6.45, 7) is 0.342. The third-order valence-corrected chi connectivity index (χ3v) is 2.23. The van der Waals surface area contributed by atoms with Crippen LogP contribution in [0.1, 0.15) is 11.1 Å². The highest BCUT2D eigenvalue weighted by Crippen LogP contribution is 2.14. The molecule has 3 heteroatoms. The van der Waals surface area contributed by atoms with Gasteiger partial charge in [-0.25, -0.2) is 4.39 Å². The Morgan fingerprint density at radius 1 is 1.24 bits per heavy atom. The maximum Gasteiger partial charge on any atom is 0.134 e. The molecular formula is C14H9FNO. The molecule has 0 bridgehead atoms. The molecule has 2 nitrogen and oxygen atoms in total. The minimum absolute atomic E-state index is 0.342. The summed E-state index contributed by atoms with van der Waals surface area (Å²) < 4.78 is 18.2. The molecule has 1 radical (unpaired) electrons. The van der Waals surface area contributed by atoms with Gasteiger partial charge in [0.05, 0.1) is 11.6 Å². The smallest absolute Gasteiger partial charge is 0.134 e. The molecule has 0 saturated heterocycles. The summed E-state index contributed by atoms with van der Waals surface area (Å²) in [5.74, 6) is 0.0212. The predicted molar refractivity (Wildman–Crippen MR) is 60.7 cm³/mol. The van der Waals surface area contributed by atoms with Crippen LogP contribution in [0.4, 0.5) is 4.39 Å². The molecule has 2 rings (SSSR count). The van der Waals surface area contributed by atoms with E-state index in [1.54, 1.807) is 18.2 Å². The van der Waals surface area contributed by atoms with Crippen LogP contribution >= 0.6 is 0 Å².